The van der Waals surface area contributed by atoms with Crippen LogP contribution in [0.3, 0.4) is 0 Å². The molecule has 0 aromatic rings. The summed E-state index contributed by atoms with van der Waals surface area (Å²) in [5.74, 6) is 2.88. The van der Waals surface area contributed by atoms with E-state index in [1.165, 1.54) is 19.3 Å². The molecule has 5 fully saturated rings. The molecule has 0 atom stereocenters. The highest BCUT2D eigenvalue weighted by atomic mass is 16.2. The molecule has 1 amide bonds. The van der Waals surface area contributed by atoms with Crippen molar-refractivity contribution in [1.29, 1.82) is 0 Å². The van der Waals surface area contributed by atoms with Crippen LogP contribution in [0.25, 0.3) is 0 Å². The van der Waals surface area contributed by atoms with Crippen molar-refractivity contribution in [2.75, 3.05) is 6.54 Å². The fourth-order valence-electron chi connectivity index (χ4n) is 5.29. The van der Waals surface area contributed by atoms with E-state index in [1.807, 2.05) is 0 Å². The monoisotopic (exact) mass is 248 g/mol. The molecular formula is C15H24N2O. The molecule has 3 heteroatoms. The van der Waals surface area contributed by atoms with Gasteiger partial charge in [-0.25, -0.2) is 0 Å². The van der Waals surface area contributed by atoms with E-state index in [9.17, 15) is 4.79 Å². The lowest BCUT2D eigenvalue weighted by atomic mass is 9.49. The maximum Gasteiger partial charge on any atom is 0.226 e. The summed E-state index contributed by atoms with van der Waals surface area (Å²) >= 11 is 0. The minimum absolute atomic E-state index is 0.000486. The van der Waals surface area contributed by atoms with E-state index < -0.39 is 0 Å². The van der Waals surface area contributed by atoms with Crippen LogP contribution in [0.5, 0.6) is 0 Å². The molecule has 0 aliphatic heterocycles. The van der Waals surface area contributed by atoms with Crippen molar-refractivity contribution in [3.63, 3.8) is 0 Å². The van der Waals surface area contributed by atoms with Crippen molar-refractivity contribution in [2.24, 2.45) is 28.9 Å². The summed E-state index contributed by atoms with van der Waals surface area (Å²) in [6.07, 6.45) is 9.84. The Kier molecular flexibility index (Phi) is 2.19. The molecule has 18 heavy (non-hydrogen) atoms. The van der Waals surface area contributed by atoms with Crippen molar-refractivity contribution in [2.45, 2.75) is 56.9 Å². The number of hydrogen-bond acceptors (Lipinski definition) is 2. The quantitative estimate of drug-likeness (QED) is 0.800. The third kappa shape index (κ3) is 1.56. The van der Waals surface area contributed by atoms with Crippen molar-refractivity contribution in [3.05, 3.63) is 0 Å². The van der Waals surface area contributed by atoms with Gasteiger partial charge in [-0.1, -0.05) is 0 Å². The molecule has 5 aliphatic rings. The van der Waals surface area contributed by atoms with Crippen LogP contribution in [0.2, 0.25) is 0 Å². The van der Waals surface area contributed by atoms with E-state index in [0.29, 0.717) is 12.5 Å². The first-order valence-corrected chi connectivity index (χ1v) is 7.66. The van der Waals surface area contributed by atoms with Gasteiger partial charge in [0.05, 0.1) is 5.54 Å². The zero-order chi connectivity index (χ0) is 12.4. The van der Waals surface area contributed by atoms with Gasteiger partial charge < -0.3 is 11.1 Å². The number of carbonyl (C=O) groups is 1. The predicted molar refractivity (Wildman–Crippen MR) is 69.8 cm³/mol. The highest BCUT2D eigenvalue weighted by Crippen LogP contribution is 2.60. The standard InChI is InChI=1S/C15H24N2O/c16-9-15(1-2-15)17-13(18)14-6-10-3-11(7-14)5-12(4-10)8-14/h10-12H,1-9,16H2,(H,17,18). The summed E-state index contributed by atoms with van der Waals surface area (Å²) in [6.45, 7) is 0.616. The van der Waals surface area contributed by atoms with Gasteiger partial charge in [0.1, 0.15) is 0 Å². The van der Waals surface area contributed by atoms with Crippen LogP contribution in [0.15, 0.2) is 0 Å². The highest BCUT2D eigenvalue weighted by Gasteiger charge is 2.56. The molecule has 0 heterocycles. The zero-order valence-corrected chi connectivity index (χ0v) is 11.1. The SMILES string of the molecule is NCC1(NC(=O)C23CC4CC(CC(C4)C2)C3)CC1. The van der Waals surface area contributed by atoms with Crippen molar-refractivity contribution in [1.82, 2.24) is 5.32 Å². The van der Waals surface area contributed by atoms with E-state index in [2.05, 4.69) is 5.32 Å². The predicted octanol–water partition coefficient (Wildman–Crippen LogP) is 1.81. The second-order valence-corrected chi connectivity index (χ2v) is 7.64. The Morgan fingerprint density at radius 1 is 1.06 bits per heavy atom. The molecule has 5 rings (SSSR count). The first-order chi connectivity index (χ1) is 8.63. The fraction of sp³-hybridized carbons (Fsp3) is 0.933. The normalized spacial score (nSPS) is 47.1. The van der Waals surface area contributed by atoms with Gasteiger partial charge in [0.2, 0.25) is 5.91 Å². The van der Waals surface area contributed by atoms with Crippen LogP contribution < -0.4 is 11.1 Å². The first kappa shape index (κ1) is 11.3. The molecule has 5 saturated carbocycles. The van der Waals surface area contributed by atoms with Crippen molar-refractivity contribution < 1.29 is 4.79 Å². The maximum atomic E-state index is 12.7. The first-order valence-electron chi connectivity index (χ1n) is 7.66. The Balaban J connectivity index is 1.54. The van der Waals surface area contributed by atoms with Gasteiger partial charge in [0.15, 0.2) is 0 Å². The average molecular weight is 248 g/mol. The number of nitrogens with two attached hydrogens (primary N) is 1. The summed E-state index contributed by atoms with van der Waals surface area (Å²) in [4.78, 5) is 12.7. The summed E-state index contributed by atoms with van der Waals surface area (Å²) in [6, 6.07) is 0. The minimum atomic E-state index is -0.0135. The van der Waals surface area contributed by atoms with Crippen LogP contribution in [0, 0.1) is 23.2 Å². The summed E-state index contributed by atoms with van der Waals surface area (Å²) < 4.78 is 0. The van der Waals surface area contributed by atoms with Crippen LogP contribution in [-0.2, 0) is 4.79 Å². The third-order valence-corrected chi connectivity index (χ3v) is 6.14. The van der Waals surface area contributed by atoms with E-state index in [0.717, 1.165) is 49.9 Å². The molecule has 0 radical (unpaired) electrons. The Morgan fingerprint density at radius 2 is 1.56 bits per heavy atom. The van der Waals surface area contributed by atoms with Gasteiger partial charge in [-0.3, -0.25) is 4.79 Å². The molecule has 3 nitrogen and oxygen atoms in total. The molecule has 4 bridgehead atoms. The third-order valence-electron chi connectivity index (χ3n) is 6.14. The Morgan fingerprint density at radius 3 is 1.94 bits per heavy atom. The average Bonchev–Trinajstić information content (AvgIpc) is 3.07. The smallest absolute Gasteiger partial charge is 0.226 e. The molecule has 0 saturated heterocycles. The van der Waals surface area contributed by atoms with E-state index in [1.54, 1.807) is 0 Å². The molecule has 100 valence electrons. The molecule has 3 N–H and O–H groups in total. The van der Waals surface area contributed by atoms with Crippen molar-refractivity contribution >= 4 is 5.91 Å². The Hall–Kier alpha value is -0.570. The number of carbonyl (C=O) groups excluding carboxylic acids is 1. The number of rotatable bonds is 3. The lowest BCUT2D eigenvalue weighted by Crippen LogP contribution is -2.56. The Labute approximate surface area is 109 Å². The van der Waals surface area contributed by atoms with Crippen LogP contribution in [0.4, 0.5) is 0 Å². The molecule has 0 unspecified atom stereocenters. The van der Waals surface area contributed by atoms with E-state index in [4.69, 9.17) is 5.73 Å². The summed E-state index contributed by atoms with van der Waals surface area (Å²) in [5, 5.41) is 3.31. The van der Waals surface area contributed by atoms with Gasteiger partial charge in [0.25, 0.3) is 0 Å². The minimum Gasteiger partial charge on any atom is -0.349 e. The fourth-order valence-corrected chi connectivity index (χ4v) is 5.29. The molecule has 0 spiro atoms. The van der Waals surface area contributed by atoms with Gasteiger partial charge in [-0.2, -0.15) is 0 Å². The Bertz CT molecular complexity index is 351. The lowest BCUT2D eigenvalue weighted by Gasteiger charge is -2.56. The van der Waals surface area contributed by atoms with Crippen LogP contribution >= 0.6 is 0 Å². The largest absolute Gasteiger partial charge is 0.349 e. The van der Waals surface area contributed by atoms with Gasteiger partial charge >= 0.3 is 0 Å². The zero-order valence-electron chi connectivity index (χ0n) is 11.1. The van der Waals surface area contributed by atoms with Gasteiger partial charge in [-0.05, 0) is 69.1 Å². The highest BCUT2D eigenvalue weighted by molar-refractivity contribution is 5.84. The summed E-state index contributed by atoms with van der Waals surface area (Å²) in [5.41, 5.74) is 5.78. The number of hydrogen-bond donors (Lipinski definition) is 2. The van der Waals surface area contributed by atoms with E-state index >= 15 is 0 Å². The molecule has 0 aromatic heterocycles. The second-order valence-electron chi connectivity index (χ2n) is 7.64. The second kappa shape index (κ2) is 3.50. The van der Waals surface area contributed by atoms with Gasteiger partial charge in [0, 0.05) is 12.0 Å². The lowest BCUT2D eigenvalue weighted by molar-refractivity contribution is -0.147. The number of amides is 1. The van der Waals surface area contributed by atoms with Crippen LogP contribution in [0.1, 0.15) is 51.4 Å². The maximum absolute atomic E-state index is 12.7. The number of nitrogens with one attached hydrogen (secondary N) is 1. The van der Waals surface area contributed by atoms with Gasteiger partial charge in [-0.15, -0.1) is 0 Å². The van der Waals surface area contributed by atoms with Crippen LogP contribution in [-0.4, -0.2) is 18.0 Å². The van der Waals surface area contributed by atoms with E-state index in [-0.39, 0.29) is 11.0 Å². The van der Waals surface area contributed by atoms with Crippen molar-refractivity contribution in [3.8, 4) is 0 Å². The molecular weight excluding hydrogens is 224 g/mol. The molecule has 0 aromatic carbocycles. The topological polar surface area (TPSA) is 55.1 Å². The summed E-state index contributed by atoms with van der Waals surface area (Å²) in [7, 11) is 0. The molecule has 5 aliphatic carbocycles.